The Bertz CT molecular complexity index is 217. The zero-order chi connectivity index (χ0) is 13.1. The van der Waals surface area contributed by atoms with E-state index in [-0.39, 0.29) is 6.10 Å². The van der Waals surface area contributed by atoms with Crippen molar-refractivity contribution >= 4 is 0 Å². The van der Waals surface area contributed by atoms with Crippen molar-refractivity contribution in [2.45, 2.75) is 71.9 Å². The smallest absolute Gasteiger partial charge is 0.0692 e. The Labute approximate surface area is 107 Å². The molecule has 17 heavy (non-hydrogen) atoms. The molecular formula is C15H31NO. The third-order valence-electron chi connectivity index (χ3n) is 4.71. The highest BCUT2D eigenvalue weighted by Crippen LogP contribution is 2.36. The van der Waals surface area contributed by atoms with Gasteiger partial charge in [0.05, 0.1) is 6.10 Å². The van der Waals surface area contributed by atoms with Crippen LogP contribution in [-0.4, -0.2) is 35.7 Å². The molecule has 0 spiro atoms. The van der Waals surface area contributed by atoms with Crippen LogP contribution in [0.25, 0.3) is 0 Å². The molecule has 0 heterocycles. The van der Waals surface area contributed by atoms with Crippen LogP contribution >= 0.6 is 0 Å². The van der Waals surface area contributed by atoms with Gasteiger partial charge in [-0.15, -0.1) is 0 Å². The van der Waals surface area contributed by atoms with Crippen molar-refractivity contribution in [3.63, 3.8) is 0 Å². The molecule has 1 rings (SSSR count). The number of likely N-dealkylation sites (N-methyl/N-ethyl adjacent to an activating group) is 1. The van der Waals surface area contributed by atoms with Gasteiger partial charge in [0.2, 0.25) is 0 Å². The van der Waals surface area contributed by atoms with Crippen LogP contribution in [0.4, 0.5) is 0 Å². The fourth-order valence-electron chi connectivity index (χ4n) is 2.72. The monoisotopic (exact) mass is 241 g/mol. The fourth-order valence-corrected chi connectivity index (χ4v) is 2.72. The summed E-state index contributed by atoms with van der Waals surface area (Å²) in [7, 11) is 2.18. The molecule has 0 bridgehead atoms. The molecule has 1 saturated carbocycles. The summed E-state index contributed by atoms with van der Waals surface area (Å²) < 4.78 is 0. The Morgan fingerprint density at radius 1 is 1.29 bits per heavy atom. The Morgan fingerprint density at radius 3 is 2.29 bits per heavy atom. The van der Waals surface area contributed by atoms with Gasteiger partial charge in [-0.05, 0) is 44.1 Å². The highest BCUT2D eigenvalue weighted by molar-refractivity contribution is 4.83. The van der Waals surface area contributed by atoms with Crippen molar-refractivity contribution in [2.24, 2.45) is 11.3 Å². The number of aliphatic hydroxyl groups is 1. The van der Waals surface area contributed by atoms with E-state index in [1.54, 1.807) is 0 Å². The second kappa shape index (κ2) is 6.19. The zero-order valence-electron chi connectivity index (χ0n) is 12.4. The van der Waals surface area contributed by atoms with Gasteiger partial charge in [-0.25, -0.2) is 0 Å². The van der Waals surface area contributed by atoms with E-state index in [4.69, 9.17) is 0 Å². The van der Waals surface area contributed by atoms with Crippen LogP contribution in [0.2, 0.25) is 0 Å². The van der Waals surface area contributed by atoms with Crippen LogP contribution in [0.5, 0.6) is 0 Å². The minimum absolute atomic E-state index is 0.167. The molecule has 0 aromatic heterocycles. The molecule has 102 valence electrons. The van der Waals surface area contributed by atoms with Gasteiger partial charge in [-0.3, -0.25) is 0 Å². The normalized spacial score (nSPS) is 24.9. The molecule has 0 aromatic carbocycles. The SMILES string of the molecule is CCC(C)C(O)CN(C)C1CCC(C)(C)CC1. The molecule has 2 heteroatoms. The van der Waals surface area contributed by atoms with E-state index >= 15 is 0 Å². The van der Waals surface area contributed by atoms with E-state index < -0.39 is 0 Å². The minimum Gasteiger partial charge on any atom is -0.392 e. The first-order chi connectivity index (χ1) is 7.85. The topological polar surface area (TPSA) is 23.5 Å². The predicted octanol–water partition coefficient (Wildman–Crippen LogP) is 3.29. The molecule has 0 saturated heterocycles. The van der Waals surface area contributed by atoms with E-state index in [0.717, 1.165) is 13.0 Å². The van der Waals surface area contributed by atoms with Crippen molar-refractivity contribution in [2.75, 3.05) is 13.6 Å². The van der Waals surface area contributed by atoms with Gasteiger partial charge in [0, 0.05) is 12.6 Å². The number of hydrogen-bond acceptors (Lipinski definition) is 2. The third kappa shape index (κ3) is 4.59. The van der Waals surface area contributed by atoms with Gasteiger partial charge >= 0.3 is 0 Å². The van der Waals surface area contributed by atoms with Crippen LogP contribution in [0.1, 0.15) is 59.8 Å². The zero-order valence-corrected chi connectivity index (χ0v) is 12.4. The summed E-state index contributed by atoms with van der Waals surface area (Å²) >= 11 is 0. The lowest BCUT2D eigenvalue weighted by Gasteiger charge is -2.39. The average molecular weight is 241 g/mol. The van der Waals surface area contributed by atoms with Crippen LogP contribution in [-0.2, 0) is 0 Å². The van der Waals surface area contributed by atoms with E-state index in [2.05, 4.69) is 39.6 Å². The Balaban J connectivity index is 2.36. The third-order valence-corrected chi connectivity index (χ3v) is 4.71. The van der Waals surface area contributed by atoms with Crippen molar-refractivity contribution in [3.8, 4) is 0 Å². The van der Waals surface area contributed by atoms with Gasteiger partial charge in [-0.2, -0.15) is 0 Å². The molecule has 2 nitrogen and oxygen atoms in total. The summed E-state index contributed by atoms with van der Waals surface area (Å²) in [6.45, 7) is 9.87. The number of aliphatic hydroxyl groups excluding tert-OH is 1. The van der Waals surface area contributed by atoms with Crippen molar-refractivity contribution in [1.29, 1.82) is 0 Å². The molecular weight excluding hydrogens is 210 g/mol. The first-order valence-electron chi connectivity index (χ1n) is 7.24. The lowest BCUT2D eigenvalue weighted by atomic mass is 9.75. The maximum Gasteiger partial charge on any atom is 0.0692 e. The maximum absolute atomic E-state index is 10.1. The highest BCUT2D eigenvalue weighted by Gasteiger charge is 2.29. The van der Waals surface area contributed by atoms with E-state index in [1.165, 1.54) is 25.7 Å². The van der Waals surface area contributed by atoms with Gasteiger partial charge in [-0.1, -0.05) is 34.1 Å². The molecule has 1 N–H and O–H groups in total. The number of hydrogen-bond donors (Lipinski definition) is 1. The van der Waals surface area contributed by atoms with E-state index in [0.29, 0.717) is 17.4 Å². The fraction of sp³-hybridized carbons (Fsp3) is 1.00. The summed E-state index contributed by atoms with van der Waals surface area (Å²) in [4.78, 5) is 2.38. The summed E-state index contributed by atoms with van der Waals surface area (Å²) in [5, 5.41) is 10.1. The van der Waals surface area contributed by atoms with Crippen molar-refractivity contribution in [1.82, 2.24) is 4.90 Å². The molecule has 2 atom stereocenters. The molecule has 1 aliphatic rings. The molecule has 0 amide bonds. The molecule has 0 aliphatic heterocycles. The summed E-state index contributed by atoms with van der Waals surface area (Å²) in [6, 6.07) is 0.682. The molecule has 1 fully saturated rings. The van der Waals surface area contributed by atoms with E-state index in [9.17, 15) is 5.11 Å². The van der Waals surface area contributed by atoms with Crippen LogP contribution < -0.4 is 0 Å². The molecule has 2 unspecified atom stereocenters. The predicted molar refractivity (Wildman–Crippen MR) is 74.1 cm³/mol. The first-order valence-corrected chi connectivity index (χ1v) is 7.24. The first kappa shape index (κ1) is 15.0. The van der Waals surface area contributed by atoms with Gasteiger partial charge in [0.25, 0.3) is 0 Å². The van der Waals surface area contributed by atoms with Crippen LogP contribution in [0, 0.1) is 11.3 Å². The molecule has 0 aromatic rings. The lowest BCUT2D eigenvalue weighted by molar-refractivity contribution is 0.0445. The van der Waals surface area contributed by atoms with Gasteiger partial charge in [0.15, 0.2) is 0 Å². The van der Waals surface area contributed by atoms with Gasteiger partial charge < -0.3 is 10.0 Å². The summed E-state index contributed by atoms with van der Waals surface area (Å²) in [5.74, 6) is 0.414. The summed E-state index contributed by atoms with van der Waals surface area (Å²) in [6.07, 6.45) is 6.11. The average Bonchev–Trinajstić information content (AvgIpc) is 2.27. The quantitative estimate of drug-likeness (QED) is 0.798. The van der Waals surface area contributed by atoms with Crippen LogP contribution in [0.15, 0.2) is 0 Å². The standard InChI is InChI=1S/C15H31NO/c1-6-12(2)14(17)11-16(5)13-7-9-15(3,4)10-8-13/h12-14,17H,6-11H2,1-5H3. The highest BCUT2D eigenvalue weighted by atomic mass is 16.3. The Kier molecular flexibility index (Phi) is 5.46. The molecule has 1 aliphatic carbocycles. The van der Waals surface area contributed by atoms with Gasteiger partial charge in [0.1, 0.15) is 0 Å². The lowest BCUT2D eigenvalue weighted by Crippen LogP contribution is -2.42. The van der Waals surface area contributed by atoms with E-state index in [1.807, 2.05) is 0 Å². The van der Waals surface area contributed by atoms with Crippen molar-refractivity contribution < 1.29 is 5.11 Å². The molecule has 0 radical (unpaired) electrons. The number of nitrogens with zero attached hydrogens (tertiary/aromatic N) is 1. The van der Waals surface area contributed by atoms with Crippen molar-refractivity contribution in [3.05, 3.63) is 0 Å². The second-order valence-electron chi connectivity index (χ2n) is 6.79. The summed E-state index contributed by atoms with van der Waals surface area (Å²) in [5.41, 5.74) is 0.534. The minimum atomic E-state index is -0.167. The Hall–Kier alpha value is -0.0800. The second-order valence-corrected chi connectivity index (χ2v) is 6.79. The Morgan fingerprint density at radius 2 is 1.82 bits per heavy atom. The van der Waals surface area contributed by atoms with Crippen LogP contribution in [0.3, 0.4) is 0 Å². The maximum atomic E-state index is 10.1. The largest absolute Gasteiger partial charge is 0.392 e. The number of rotatable bonds is 5.